The molecule has 0 aromatic heterocycles. The van der Waals surface area contributed by atoms with Crippen molar-refractivity contribution in [3.05, 3.63) is 41.4 Å². The Hall–Kier alpha value is -2.20. The van der Waals surface area contributed by atoms with Crippen LogP contribution in [0.2, 0.25) is 5.02 Å². The van der Waals surface area contributed by atoms with Gasteiger partial charge in [-0.3, -0.25) is 9.59 Å². The minimum atomic E-state index is -3.91. The molecule has 156 valence electrons. The molecule has 1 saturated heterocycles. The third-order valence-corrected chi connectivity index (χ3v) is 6.62. The molecule has 1 aliphatic rings. The first-order valence-corrected chi connectivity index (χ1v) is 11.1. The number of hydrogen-bond acceptors (Lipinski definition) is 5. The fraction of sp³-hybridized carbons (Fsp3) is 0.368. The average molecular weight is 439 g/mol. The van der Waals surface area contributed by atoms with E-state index in [1.54, 1.807) is 31.2 Å². The second-order valence-electron chi connectivity index (χ2n) is 6.90. The summed E-state index contributed by atoms with van der Waals surface area (Å²) in [6.07, 6.45) is 0.287. The lowest BCUT2D eigenvalue weighted by Gasteiger charge is -2.24. The topological polar surface area (TPSA) is 122 Å². The molecule has 4 N–H and O–H groups in total. The minimum Gasteiger partial charge on any atom is -0.353 e. The monoisotopic (exact) mass is 438 g/mol. The van der Waals surface area contributed by atoms with E-state index in [0.717, 1.165) is 10.8 Å². The zero-order valence-corrected chi connectivity index (χ0v) is 17.5. The van der Waals surface area contributed by atoms with Gasteiger partial charge in [0.25, 0.3) is 0 Å². The number of rotatable bonds is 7. The van der Waals surface area contributed by atoms with Gasteiger partial charge in [-0.25, -0.2) is 8.42 Å². The van der Waals surface area contributed by atoms with Gasteiger partial charge < -0.3 is 16.0 Å². The van der Waals surface area contributed by atoms with Crippen molar-refractivity contribution in [1.29, 1.82) is 0 Å². The largest absolute Gasteiger partial charge is 0.353 e. The predicted molar refractivity (Wildman–Crippen MR) is 111 cm³/mol. The Balaban J connectivity index is 1.73. The van der Waals surface area contributed by atoms with Crippen LogP contribution in [-0.4, -0.2) is 56.9 Å². The first kappa shape index (κ1) is 21.5. The third-order valence-electron chi connectivity index (χ3n) is 4.91. The van der Waals surface area contributed by atoms with E-state index >= 15 is 0 Å². The number of likely N-dealkylation sites (tertiary alicyclic amines) is 1. The van der Waals surface area contributed by atoms with Crippen LogP contribution in [0.5, 0.6) is 0 Å². The van der Waals surface area contributed by atoms with Gasteiger partial charge in [0.15, 0.2) is 0 Å². The van der Waals surface area contributed by atoms with E-state index in [2.05, 4.69) is 10.0 Å². The summed E-state index contributed by atoms with van der Waals surface area (Å²) in [7, 11) is -3.91. The molecule has 1 heterocycles. The second kappa shape index (κ2) is 8.66. The highest BCUT2D eigenvalue weighted by atomic mass is 35.5. The van der Waals surface area contributed by atoms with E-state index in [1.165, 1.54) is 17.0 Å². The average Bonchev–Trinajstić information content (AvgIpc) is 3.04. The highest BCUT2D eigenvalue weighted by Gasteiger charge is 2.38. The maximum absolute atomic E-state index is 12.8. The SMILES string of the molecule is C[C@@H](C(=O)NCCN)N1CC[C@H](NS(=O)(=O)c2ccc3cc(Cl)ccc3c2)C1=O. The number of benzene rings is 2. The number of fused-ring (bicyclic) bond motifs is 1. The van der Waals surface area contributed by atoms with Crippen LogP contribution in [0.3, 0.4) is 0 Å². The molecule has 0 spiro atoms. The molecule has 1 fully saturated rings. The van der Waals surface area contributed by atoms with Gasteiger partial charge in [0.05, 0.1) is 4.90 Å². The van der Waals surface area contributed by atoms with E-state index in [-0.39, 0.29) is 17.2 Å². The Labute approximate surface area is 174 Å². The molecule has 1 aliphatic heterocycles. The van der Waals surface area contributed by atoms with Crippen LogP contribution in [0.25, 0.3) is 10.8 Å². The molecule has 0 unspecified atom stereocenters. The molecule has 0 saturated carbocycles. The van der Waals surface area contributed by atoms with Crippen LogP contribution in [-0.2, 0) is 19.6 Å². The fourth-order valence-corrected chi connectivity index (χ4v) is 4.74. The van der Waals surface area contributed by atoms with Gasteiger partial charge in [0.2, 0.25) is 21.8 Å². The number of amides is 2. The van der Waals surface area contributed by atoms with Crippen molar-refractivity contribution in [2.75, 3.05) is 19.6 Å². The summed E-state index contributed by atoms with van der Waals surface area (Å²) in [5, 5.41) is 4.74. The van der Waals surface area contributed by atoms with Crippen molar-refractivity contribution in [3.8, 4) is 0 Å². The smallest absolute Gasteiger partial charge is 0.242 e. The van der Waals surface area contributed by atoms with E-state index < -0.39 is 28.0 Å². The first-order valence-electron chi connectivity index (χ1n) is 9.23. The molecule has 2 aromatic carbocycles. The summed E-state index contributed by atoms with van der Waals surface area (Å²) in [6, 6.07) is 8.23. The van der Waals surface area contributed by atoms with E-state index in [4.69, 9.17) is 17.3 Å². The molecule has 2 amide bonds. The van der Waals surface area contributed by atoms with Gasteiger partial charge in [-0.2, -0.15) is 4.72 Å². The van der Waals surface area contributed by atoms with E-state index in [9.17, 15) is 18.0 Å². The van der Waals surface area contributed by atoms with E-state index in [1.807, 2.05) is 0 Å². The lowest BCUT2D eigenvalue weighted by molar-refractivity contribution is -0.137. The van der Waals surface area contributed by atoms with Gasteiger partial charge in [-0.05, 0) is 48.4 Å². The van der Waals surface area contributed by atoms with Gasteiger partial charge in [-0.1, -0.05) is 23.7 Å². The number of sulfonamides is 1. The summed E-state index contributed by atoms with van der Waals surface area (Å²) >= 11 is 5.96. The van der Waals surface area contributed by atoms with Crippen LogP contribution in [0.1, 0.15) is 13.3 Å². The molecule has 0 radical (unpaired) electrons. The zero-order valence-electron chi connectivity index (χ0n) is 15.9. The number of nitrogens with one attached hydrogen (secondary N) is 2. The Bertz CT molecular complexity index is 1040. The van der Waals surface area contributed by atoms with Gasteiger partial charge >= 0.3 is 0 Å². The molecule has 29 heavy (non-hydrogen) atoms. The lowest BCUT2D eigenvalue weighted by atomic mass is 10.1. The minimum absolute atomic E-state index is 0.0623. The number of nitrogens with zero attached hydrogens (tertiary/aromatic N) is 1. The quantitative estimate of drug-likeness (QED) is 0.591. The normalized spacial score (nSPS) is 18.2. The van der Waals surface area contributed by atoms with Gasteiger partial charge in [0.1, 0.15) is 12.1 Å². The number of carbonyl (C=O) groups is 2. The maximum Gasteiger partial charge on any atom is 0.242 e. The van der Waals surface area contributed by atoms with Crippen molar-refractivity contribution in [1.82, 2.24) is 14.9 Å². The first-order chi connectivity index (χ1) is 13.7. The number of carbonyl (C=O) groups excluding carboxylic acids is 2. The molecule has 0 bridgehead atoms. The van der Waals surface area contributed by atoms with Crippen molar-refractivity contribution in [2.24, 2.45) is 5.73 Å². The van der Waals surface area contributed by atoms with Crippen LogP contribution < -0.4 is 15.8 Å². The van der Waals surface area contributed by atoms with Crippen LogP contribution in [0, 0.1) is 0 Å². The fourth-order valence-electron chi connectivity index (χ4n) is 3.30. The van der Waals surface area contributed by atoms with E-state index in [0.29, 0.717) is 24.7 Å². The standard InChI is InChI=1S/C19H23ClN4O4S/c1-12(18(25)22-8-7-21)24-9-6-17(19(24)26)23-29(27,28)16-5-3-13-10-15(20)4-2-14(13)11-16/h2-5,10-12,17,23H,6-9,21H2,1H3,(H,22,25)/t12-,17-/m0/s1. The highest BCUT2D eigenvalue weighted by Crippen LogP contribution is 2.24. The summed E-state index contributed by atoms with van der Waals surface area (Å²) < 4.78 is 28.1. The summed E-state index contributed by atoms with van der Waals surface area (Å²) in [5.41, 5.74) is 5.37. The third kappa shape index (κ3) is 4.69. The second-order valence-corrected chi connectivity index (χ2v) is 9.05. The number of halogens is 1. The molecule has 2 aromatic rings. The molecule has 10 heteroatoms. The van der Waals surface area contributed by atoms with Crippen LogP contribution >= 0.6 is 11.6 Å². The Kier molecular flexibility index (Phi) is 6.42. The van der Waals surface area contributed by atoms with Crippen molar-refractivity contribution in [3.63, 3.8) is 0 Å². The number of hydrogen-bond donors (Lipinski definition) is 3. The molecule has 8 nitrogen and oxygen atoms in total. The number of nitrogens with two attached hydrogens (primary N) is 1. The molecular weight excluding hydrogens is 416 g/mol. The molecular formula is C19H23ClN4O4S. The summed E-state index contributed by atoms with van der Waals surface area (Å²) in [4.78, 5) is 26.2. The van der Waals surface area contributed by atoms with Crippen molar-refractivity contribution < 1.29 is 18.0 Å². The summed E-state index contributed by atoms with van der Waals surface area (Å²) in [5.74, 6) is -0.739. The van der Waals surface area contributed by atoms with Gasteiger partial charge in [-0.15, -0.1) is 0 Å². The molecule has 0 aliphatic carbocycles. The Morgan fingerprint density at radius 3 is 2.69 bits per heavy atom. The van der Waals surface area contributed by atoms with Crippen molar-refractivity contribution in [2.45, 2.75) is 30.3 Å². The van der Waals surface area contributed by atoms with Crippen LogP contribution in [0.4, 0.5) is 0 Å². The molecule has 3 rings (SSSR count). The van der Waals surface area contributed by atoms with Gasteiger partial charge in [0, 0.05) is 24.7 Å². The Morgan fingerprint density at radius 1 is 1.28 bits per heavy atom. The molecule has 2 atom stereocenters. The highest BCUT2D eigenvalue weighted by molar-refractivity contribution is 7.89. The lowest BCUT2D eigenvalue weighted by Crippen LogP contribution is -2.49. The Morgan fingerprint density at radius 2 is 1.97 bits per heavy atom. The maximum atomic E-state index is 12.8. The van der Waals surface area contributed by atoms with Crippen LogP contribution in [0.15, 0.2) is 41.3 Å². The predicted octanol–water partition coefficient (Wildman–Crippen LogP) is 0.836. The summed E-state index contributed by atoms with van der Waals surface area (Å²) in [6.45, 7) is 2.51. The zero-order chi connectivity index (χ0) is 21.2. The van der Waals surface area contributed by atoms with Crippen molar-refractivity contribution >= 4 is 44.2 Å².